The lowest BCUT2D eigenvalue weighted by molar-refractivity contribution is -0.136. The van der Waals surface area contributed by atoms with Gasteiger partial charge in [-0.3, -0.25) is 9.69 Å². The first-order valence-electron chi connectivity index (χ1n) is 7.25. The first-order valence-corrected chi connectivity index (χ1v) is 8.32. The number of amides is 2. The third-order valence-electron chi connectivity index (χ3n) is 3.26. The predicted molar refractivity (Wildman–Crippen MR) is 92.4 cm³/mol. The number of benzene rings is 1. The molecule has 1 aliphatic rings. The van der Waals surface area contributed by atoms with Crippen LogP contribution in [0.5, 0.6) is 0 Å². The lowest BCUT2D eigenvalue weighted by Gasteiger charge is -2.35. The number of hydrogen-bond acceptors (Lipinski definition) is 3. The Balaban J connectivity index is 1.91. The largest absolute Gasteiger partial charge is 0.444 e. The molecule has 0 atom stereocenters. The Morgan fingerprint density at radius 3 is 2.41 bits per heavy atom. The Kier molecular flexibility index (Phi) is 5.31. The molecule has 1 aromatic carbocycles. The molecule has 22 heavy (non-hydrogen) atoms. The van der Waals surface area contributed by atoms with E-state index in [0.717, 1.165) is 5.56 Å². The minimum atomic E-state index is -0.543. The summed E-state index contributed by atoms with van der Waals surface area (Å²) >= 11 is 2.25. The summed E-state index contributed by atoms with van der Waals surface area (Å²) in [6.45, 7) is 7.16. The number of carbonyl (C=O) groups excluding carboxylic acids is 2. The molecule has 0 N–H and O–H groups in total. The maximum absolute atomic E-state index is 12.2. The summed E-state index contributed by atoms with van der Waals surface area (Å²) in [5, 5.41) is 0. The predicted octanol–water partition coefficient (Wildman–Crippen LogP) is 2.87. The van der Waals surface area contributed by atoms with Crippen molar-refractivity contribution in [3.8, 4) is 0 Å². The fraction of sp³-hybridized carbons (Fsp3) is 0.500. The van der Waals surface area contributed by atoms with Crippen molar-refractivity contribution < 1.29 is 14.3 Å². The van der Waals surface area contributed by atoms with Crippen LogP contribution in [0.2, 0.25) is 0 Å². The Bertz CT molecular complexity index is 552. The van der Waals surface area contributed by atoms with Crippen LogP contribution in [0.15, 0.2) is 24.3 Å². The van der Waals surface area contributed by atoms with Crippen molar-refractivity contribution in [2.45, 2.75) is 32.9 Å². The van der Waals surface area contributed by atoms with Crippen molar-refractivity contribution in [1.82, 2.24) is 9.80 Å². The fourth-order valence-corrected chi connectivity index (χ4v) is 2.53. The number of ether oxygens (including phenoxy) is 1. The van der Waals surface area contributed by atoms with Gasteiger partial charge in [0.2, 0.25) is 5.91 Å². The Morgan fingerprint density at radius 2 is 1.86 bits per heavy atom. The second-order valence-electron chi connectivity index (χ2n) is 6.34. The summed E-state index contributed by atoms with van der Waals surface area (Å²) in [5.74, 6) is -0.0457. The van der Waals surface area contributed by atoms with Gasteiger partial charge in [0, 0.05) is 23.2 Å². The maximum Gasteiger partial charge on any atom is 0.410 e. The van der Waals surface area contributed by atoms with Crippen molar-refractivity contribution in [3.05, 3.63) is 33.4 Å². The zero-order valence-electron chi connectivity index (χ0n) is 13.1. The van der Waals surface area contributed by atoms with E-state index in [-0.39, 0.29) is 12.5 Å². The Hall–Kier alpha value is -1.31. The van der Waals surface area contributed by atoms with Gasteiger partial charge in [-0.2, -0.15) is 0 Å². The molecule has 0 bridgehead atoms. The smallest absolute Gasteiger partial charge is 0.410 e. The molecule has 0 radical (unpaired) electrons. The number of rotatable bonds is 2. The molecular weight excluding hydrogens is 395 g/mol. The van der Waals surface area contributed by atoms with Crippen LogP contribution in [0, 0.1) is 3.57 Å². The molecule has 0 spiro atoms. The zero-order valence-corrected chi connectivity index (χ0v) is 15.3. The topological polar surface area (TPSA) is 49.9 Å². The highest BCUT2D eigenvalue weighted by Crippen LogP contribution is 2.15. The number of piperazine rings is 1. The van der Waals surface area contributed by atoms with Crippen LogP contribution < -0.4 is 0 Å². The van der Waals surface area contributed by atoms with Gasteiger partial charge in [0.05, 0.1) is 0 Å². The molecule has 0 saturated carbocycles. The van der Waals surface area contributed by atoms with E-state index in [2.05, 4.69) is 22.6 Å². The summed E-state index contributed by atoms with van der Waals surface area (Å²) in [5.41, 5.74) is 0.554. The molecule has 1 aliphatic heterocycles. The molecule has 5 nitrogen and oxygen atoms in total. The monoisotopic (exact) mass is 416 g/mol. The van der Waals surface area contributed by atoms with Gasteiger partial charge in [0.15, 0.2) is 0 Å². The van der Waals surface area contributed by atoms with E-state index < -0.39 is 11.7 Å². The summed E-state index contributed by atoms with van der Waals surface area (Å²) in [4.78, 5) is 27.5. The van der Waals surface area contributed by atoms with Gasteiger partial charge in [-0.05, 0) is 61.1 Å². The van der Waals surface area contributed by atoms with Gasteiger partial charge in [-0.25, -0.2) is 4.79 Å². The molecule has 1 saturated heterocycles. The van der Waals surface area contributed by atoms with E-state index in [1.165, 1.54) is 8.47 Å². The highest BCUT2D eigenvalue weighted by molar-refractivity contribution is 14.1. The number of carbonyl (C=O) groups is 2. The molecular formula is C16H21IN2O3. The molecule has 1 aromatic rings. The standard InChI is InChI=1S/C16H21IN2O3/c1-16(2,3)22-15(21)19-9-8-18(14(20)11-19)10-12-4-6-13(17)7-5-12/h4-7H,8-11H2,1-3H3. The Labute approximate surface area is 144 Å². The van der Waals surface area contributed by atoms with Crippen LogP contribution in [0.3, 0.4) is 0 Å². The third-order valence-corrected chi connectivity index (χ3v) is 3.98. The van der Waals surface area contributed by atoms with Crippen molar-refractivity contribution in [2.24, 2.45) is 0 Å². The molecule has 0 aromatic heterocycles. The van der Waals surface area contributed by atoms with E-state index in [1.807, 2.05) is 45.0 Å². The van der Waals surface area contributed by atoms with Gasteiger partial charge in [0.1, 0.15) is 12.1 Å². The summed E-state index contributed by atoms with van der Waals surface area (Å²) < 4.78 is 6.48. The van der Waals surface area contributed by atoms with Crippen LogP contribution in [0.1, 0.15) is 26.3 Å². The van der Waals surface area contributed by atoms with Crippen LogP contribution in [-0.4, -0.2) is 47.0 Å². The molecule has 1 fully saturated rings. The van der Waals surface area contributed by atoms with Crippen LogP contribution in [-0.2, 0) is 16.1 Å². The van der Waals surface area contributed by atoms with Crippen LogP contribution >= 0.6 is 22.6 Å². The molecule has 120 valence electrons. The number of nitrogens with zero attached hydrogens (tertiary/aromatic N) is 2. The molecule has 2 amide bonds. The quantitative estimate of drug-likeness (QED) is 0.697. The maximum atomic E-state index is 12.2. The van der Waals surface area contributed by atoms with Crippen molar-refractivity contribution in [3.63, 3.8) is 0 Å². The lowest BCUT2D eigenvalue weighted by atomic mass is 10.2. The zero-order chi connectivity index (χ0) is 16.3. The number of hydrogen-bond donors (Lipinski definition) is 0. The third kappa shape index (κ3) is 4.86. The summed E-state index contributed by atoms with van der Waals surface area (Å²) in [6, 6.07) is 8.10. The second-order valence-corrected chi connectivity index (χ2v) is 7.59. The first-order chi connectivity index (χ1) is 10.2. The van der Waals surface area contributed by atoms with Gasteiger partial charge in [-0.1, -0.05) is 12.1 Å². The van der Waals surface area contributed by atoms with E-state index in [4.69, 9.17) is 4.74 Å². The number of halogens is 1. The summed E-state index contributed by atoms with van der Waals surface area (Å²) in [6.07, 6.45) is -0.422. The SMILES string of the molecule is CC(C)(C)OC(=O)N1CCN(Cc2ccc(I)cc2)C(=O)C1. The Morgan fingerprint density at radius 1 is 1.23 bits per heavy atom. The molecule has 0 unspecified atom stereocenters. The minimum Gasteiger partial charge on any atom is -0.444 e. The highest BCUT2D eigenvalue weighted by Gasteiger charge is 2.30. The highest BCUT2D eigenvalue weighted by atomic mass is 127. The summed E-state index contributed by atoms with van der Waals surface area (Å²) in [7, 11) is 0. The van der Waals surface area contributed by atoms with Gasteiger partial charge >= 0.3 is 6.09 Å². The van der Waals surface area contributed by atoms with Crippen LogP contribution in [0.4, 0.5) is 4.79 Å². The minimum absolute atomic E-state index is 0.0457. The molecule has 0 aliphatic carbocycles. The van der Waals surface area contributed by atoms with Crippen LogP contribution in [0.25, 0.3) is 0 Å². The second kappa shape index (κ2) is 6.85. The fourth-order valence-electron chi connectivity index (χ4n) is 2.17. The van der Waals surface area contributed by atoms with Crippen molar-refractivity contribution in [1.29, 1.82) is 0 Å². The van der Waals surface area contributed by atoms with E-state index in [1.54, 1.807) is 4.90 Å². The molecule has 6 heteroatoms. The average Bonchev–Trinajstić information content (AvgIpc) is 2.41. The van der Waals surface area contributed by atoms with E-state index >= 15 is 0 Å². The molecule has 1 heterocycles. The van der Waals surface area contributed by atoms with Crippen molar-refractivity contribution in [2.75, 3.05) is 19.6 Å². The normalized spacial score (nSPS) is 15.9. The lowest BCUT2D eigenvalue weighted by Crippen LogP contribution is -2.52. The first kappa shape index (κ1) is 17.1. The van der Waals surface area contributed by atoms with Gasteiger partial charge in [0.25, 0.3) is 0 Å². The molecule has 2 rings (SSSR count). The average molecular weight is 416 g/mol. The van der Waals surface area contributed by atoms with E-state index in [0.29, 0.717) is 19.6 Å². The van der Waals surface area contributed by atoms with E-state index in [9.17, 15) is 9.59 Å². The van der Waals surface area contributed by atoms with Crippen molar-refractivity contribution >= 4 is 34.6 Å². The van der Waals surface area contributed by atoms with Gasteiger partial charge in [-0.15, -0.1) is 0 Å². The van der Waals surface area contributed by atoms with Gasteiger partial charge < -0.3 is 9.64 Å².